The predicted molar refractivity (Wildman–Crippen MR) is 122 cm³/mol. The zero-order valence-electron chi connectivity index (χ0n) is 18.3. The standard InChI is InChI=1S/C24H23ClN4O3/c1-14-10-18(22-8-9-27-29(22)4)17-6-5-7-23(24(17)28-14)31-13-20-19(11-26-12-21(20)25)15(2)32-16(3)30/h5-12,15H,13H2,1-4H3. The van der Waals surface area contributed by atoms with Gasteiger partial charge in [0.05, 0.1) is 10.7 Å². The number of hydrogen-bond donors (Lipinski definition) is 0. The van der Waals surface area contributed by atoms with Crippen LogP contribution >= 0.6 is 11.6 Å². The van der Waals surface area contributed by atoms with Crippen LogP contribution in [-0.2, 0) is 23.2 Å². The van der Waals surface area contributed by atoms with E-state index in [-0.39, 0.29) is 12.6 Å². The molecule has 0 fully saturated rings. The number of ether oxygens (including phenoxy) is 2. The summed E-state index contributed by atoms with van der Waals surface area (Å²) in [7, 11) is 1.91. The topological polar surface area (TPSA) is 79.1 Å². The van der Waals surface area contributed by atoms with Crippen LogP contribution in [-0.4, -0.2) is 25.7 Å². The highest BCUT2D eigenvalue weighted by Crippen LogP contribution is 2.34. The lowest BCUT2D eigenvalue weighted by molar-refractivity contribution is -0.145. The van der Waals surface area contributed by atoms with Crippen LogP contribution in [0.15, 0.2) is 48.9 Å². The number of rotatable bonds is 6. The molecule has 4 aromatic rings. The van der Waals surface area contributed by atoms with Gasteiger partial charge in [0.15, 0.2) is 0 Å². The highest BCUT2D eigenvalue weighted by molar-refractivity contribution is 6.31. The van der Waals surface area contributed by atoms with Gasteiger partial charge in [-0.25, -0.2) is 4.98 Å². The van der Waals surface area contributed by atoms with E-state index in [0.29, 0.717) is 21.9 Å². The third kappa shape index (κ3) is 4.29. The summed E-state index contributed by atoms with van der Waals surface area (Å²) in [6.07, 6.45) is 4.47. The van der Waals surface area contributed by atoms with Crippen LogP contribution in [0, 0.1) is 6.92 Å². The van der Waals surface area contributed by atoms with Gasteiger partial charge in [0, 0.05) is 60.3 Å². The summed E-state index contributed by atoms with van der Waals surface area (Å²) >= 11 is 6.42. The van der Waals surface area contributed by atoms with Gasteiger partial charge in [0.2, 0.25) is 0 Å². The summed E-state index contributed by atoms with van der Waals surface area (Å²) in [6.45, 7) is 5.28. The number of esters is 1. The fourth-order valence-corrected chi connectivity index (χ4v) is 3.98. The predicted octanol–water partition coefficient (Wildman–Crippen LogP) is 5.20. The molecule has 1 atom stereocenters. The number of para-hydroxylation sites is 1. The summed E-state index contributed by atoms with van der Waals surface area (Å²) in [5, 5.41) is 5.70. The second-order valence-electron chi connectivity index (χ2n) is 7.53. The molecule has 0 bridgehead atoms. The first-order chi connectivity index (χ1) is 15.3. The molecular weight excluding hydrogens is 428 g/mol. The van der Waals surface area contributed by atoms with Gasteiger partial charge in [-0.3, -0.25) is 14.5 Å². The van der Waals surface area contributed by atoms with E-state index in [1.807, 2.05) is 49.0 Å². The van der Waals surface area contributed by atoms with Crippen molar-refractivity contribution in [3.63, 3.8) is 0 Å². The molecule has 32 heavy (non-hydrogen) atoms. The molecule has 1 aromatic carbocycles. The average molecular weight is 451 g/mol. The van der Waals surface area contributed by atoms with Crippen molar-refractivity contribution < 1.29 is 14.3 Å². The fourth-order valence-electron chi connectivity index (χ4n) is 3.76. The van der Waals surface area contributed by atoms with E-state index in [2.05, 4.69) is 10.1 Å². The molecule has 0 N–H and O–H groups in total. The molecule has 7 nitrogen and oxygen atoms in total. The van der Waals surface area contributed by atoms with E-state index in [0.717, 1.165) is 27.9 Å². The van der Waals surface area contributed by atoms with Crippen molar-refractivity contribution in [1.82, 2.24) is 19.7 Å². The lowest BCUT2D eigenvalue weighted by Gasteiger charge is -2.18. The average Bonchev–Trinajstić information content (AvgIpc) is 3.17. The fraction of sp³-hybridized carbons (Fsp3) is 0.250. The van der Waals surface area contributed by atoms with Crippen LogP contribution in [0.25, 0.3) is 22.2 Å². The van der Waals surface area contributed by atoms with Crippen LogP contribution in [0.3, 0.4) is 0 Å². The Morgan fingerprint density at radius 2 is 2.06 bits per heavy atom. The number of pyridine rings is 2. The summed E-state index contributed by atoms with van der Waals surface area (Å²) in [5.41, 5.74) is 5.07. The molecule has 8 heteroatoms. The Labute approximate surface area is 191 Å². The molecule has 0 aliphatic heterocycles. The third-order valence-corrected chi connectivity index (χ3v) is 5.54. The molecule has 0 radical (unpaired) electrons. The van der Waals surface area contributed by atoms with Crippen molar-refractivity contribution in [2.45, 2.75) is 33.5 Å². The lowest BCUT2D eigenvalue weighted by atomic mass is 10.0. The smallest absolute Gasteiger partial charge is 0.303 e. The van der Waals surface area contributed by atoms with Crippen LogP contribution in [0.1, 0.15) is 36.8 Å². The molecule has 3 heterocycles. The van der Waals surface area contributed by atoms with Crippen LogP contribution < -0.4 is 4.74 Å². The zero-order chi connectivity index (χ0) is 22.8. The summed E-state index contributed by atoms with van der Waals surface area (Å²) in [4.78, 5) is 20.3. The first kappa shape index (κ1) is 21.8. The van der Waals surface area contributed by atoms with Crippen molar-refractivity contribution >= 4 is 28.5 Å². The Hall–Kier alpha value is -3.45. The van der Waals surface area contributed by atoms with Gasteiger partial charge in [0.25, 0.3) is 0 Å². The Balaban J connectivity index is 1.72. The Bertz CT molecular complexity index is 1300. The maximum absolute atomic E-state index is 11.4. The number of nitrogens with zero attached hydrogens (tertiary/aromatic N) is 4. The Kier molecular flexibility index (Phi) is 6.10. The van der Waals surface area contributed by atoms with Crippen molar-refractivity contribution in [2.24, 2.45) is 7.05 Å². The van der Waals surface area contributed by atoms with Crippen molar-refractivity contribution in [2.75, 3.05) is 0 Å². The van der Waals surface area contributed by atoms with Crippen molar-refractivity contribution in [3.05, 3.63) is 70.8 Å². The minimum Gasteiger partial charge on any atom is -0.487 e. The monoisotopic (exact) mass is 450 g/mol. The van der Waals surface area contributed by atoms with Gasteiger partial charge in [0.1, 0.15) is 24.0 Å². The number of aryl methyl sites for hydroxylation is 2. The van der Waals surface area contributed by atoms with Crippen LogP contribution in [0.5, 0.6) is 5.75 Å². The molecule has 164 valence electrons. The van der Waals surface area contributed by atoms with Gasteiger partial charge >= 0.3 is 5.97 Å². The normalized spacial score (nSPS) is 12.0. The summed E-state index contributed by atoms with van der Waals surface area (Å²) in [5.74, 6) is 0.259. The SMILES string of the molecule is CC(=O)OC(C)c1cncc(Cl)c1COc1cccc2c(-c3ccnn3C)cc(C)nc12. The summed E-state index contributed by atoms with van der Waals surface area (Å²) < 4.78 is 13.4. The lowest BCUT2D eigenvalue weighted by Crippen LogP contribution is -2.10. The van der Waals surface area contributed by atoms with Gasteiger partial charge in [-0.05, 0) is 32.0 Å². The molecule has 1 unspecified atom stereocenters. The van der Waals surface area contributed by atoms with E-state index in [4.69, 9.17) is 26.1 Å². The van der Waals surface area contributed by atoms with Gasteiger partial charge in [-0.15, -0.1) is 0 Å². The first-order valence-corrected chi connectivity index (χ1v) is 10.5. The quantitative estimate of drug-likeness (QED) is 0.376. The maximum atomic E-state index is 11.4. The Morgan fingerprint density at radius 1 is 1.25 bits per heavy atom. The number of carbonyl (C=O) groups is 1. The first-order valence-electron chi connectivity index (χ1n) is 10.2. The van der Waals surface area contributed by atoms with E-state index < -0.39 is 6.10 Å². The van der Waals surface area contributed by atoms with Crippen LogP contribution in [0.4, 0.5) is 0 Å². The highest BCUT2D eigenvalue weighted by atomic mass is 35.5. The number of benzene rings is 1. The highest BCUT2D eigenvalue weighted by Gasteiger charge is 2.18. The minimum atomic E-state index is -0.498. The van der Waals surface area contributed by atoms with Crippen molar-refractivity contribution in [3.8, 4) is 17.0 Å². The molecule has 0 aliphatic rings. The van der Waals surface area contributed by atoms with Gasteiger partial charge < -0.3 is 9.47 Å². The molecule has 0 spiro atoms. The Morgan fingerprint density at radius 3 is 2.78 bits per heavy atom. The van der Waals surface area contributed by atoms with E-state index in [1.54, 1.807) is 25.5 Å². The second-order valence-corrected chi connectivity index (χ2v) is 7.94. The molecular formula is C24H23ClN4O3. The third-order valence-electron chi connectivity index (χ3n) is 5.22. The van der Waals surface area contributed by atoms with Gasteiger partial charge in [-0.2, -0.15) is 5.10 Å². The van der Waals surface area contributed by atoms with Gasteiger partial charge in [-0.1, -0.05) is 23.7 Å². The van der Waals surface area contributed by atoms with Crippen LogP contribution in [0.2, 0.25) is 5.02 Å². The number of fused-ring (bicyclic) bond motifs is 1. The number of carbonyl (C=O) groups excluding carboxylic acids is 1. The van der Waals surface area contributed by atoms with Crippen molar-refractivity contribution in [1.29, 1.82) is 0 Å². The maximum Gasteiger partial charge on any atom is 0.303 e. The zero-order valence-corrected chi connectivity index (χ0v) is 19.1. The molecule has 0 amide bonds. The van der Waals surface area contributed by atoms with E-state index in [9.17, 15) is 4.79 Å². The molecule has 3 aromatic heterocycles. The van der Waals surface area contributed by atoms with E-state index in [1.165, 1.54) is 6.92 Å². The number of hydrogen-bond acceptors (Lipinski definition) is 6. The largest absolute Gasteiger partial charge is 0.487 e. The molecule has 0 saturated heterocycles. The van der Waals surface area contributed by atoms with E-state index >= 15 is 0 Å². The molecule has 0 aliphatic carbocycles. The molecule has 0 saturated carbocycles. The number of halogens is 1. The second kappa shape index (κ2) is 8.96. The number of aromatic nitrogens is 4. The molecule has 4 rings (SSSR count). The minimum absolute atomic E-state index is 0.179. The summed E-state index contributed by atoms with van der Waals surface area (Å²) in [6, 6.07) is 9.85.